The van der Waals surface area contributed by atoms with Crippen molar-refractivity contribution in [2.45, 2.75) is 6.54 Å². The van der Waals surface area contributed by atoms with Gasteiger partial charge in [0.2, 0.25) is 5.78 Å². The Morgan fingerprint density at radius 2 is 1.79 bits per heavy atom. The zero-order chi connectivity index (χ0) is 16.7. The second kappa shape index (κ2) is 5.42. The third-order valence-electron chi connectivity index (χ3n) is 4.07. The molecule has 1 N–H and O–H groups in total. The molecule has 0 saturated carbocycles. The molecule has 5 nitrogen and oxygen atoms in total. The summed E-state index contributed by atoms with van der Waals surface area (Å²) in [7, 11) is 0. The molecule has 0 spiro atoms. The maximum absolute atomic E-state index is 13.0. The Kier molecular flexibility index (Phi) is 3.23. The molecule has 24 heavy (non-hydrogen) atoms. The molecule has 0 fully saturated rings. The highest BCUT2D eigenvalue weighted by molar-refractivity contribution is 6.28. The van der Waals surface area contributed by atoms with Crippen LogP contribution in [0.1, 0.15) is 32.9 Å². The number of hydrogen-bond acceptors (Lipinski definition) is 4. The Morgan fingerprint density at radius 1 is 1.08 bits per heavy atom. The molecule has 118 valence electrons. The largest absolute Gasteiger partial charge is 0.410 e. The normalized spacial score (nSPS) is 14.5. The number of hydrogen-bond donors (Lipinski definition) is 1. The van der Waals surface area contributed by atoms with Crippen LogP contribution in [0.2, 0.25) is 0 Å². The molecule has 0 radical (unpaired) electrons. The van der Waals surface area contributed by atoms with E-state index in [1.54, 1.807) is 41.0 Å². The Balaban J connectivity index is 1.82. The first-order chi connectivity index (χ1) is 11.7. The molecular formula is C18H12FN3O2. The number of halogens is 1. The summed E-state index contributed by atoms with van der Waals surface area (Å²) in [5.41, 5.74) is 2.86. The zero-order valence-corrected chi connectivity index (χ0v) is 12.5. The Labute approximate surface area is 136 Å². The molecule has 1 aromatic heterocycles. The molecule has 4 rings (SSSR count). The number of rotatable bonds is 2. The number of aromatic nitrogens is 2. The van der Waals surface area contributed by atoms with Crippen LogP contribution in [0.4, 0.5) is 4.39 Å². The number of benzene rings is 2. The smallest absolute Gasteiger partial charge is 0.212 e. The molecule has 0 atom stereocenters. The Bertz CT molecular complexity index is 974. The van der Waals surface area contributed by atoms with Crippen LogP contribution < -0.4 is 0 Å². The van der Waals surface area contributed by atoms with Crippen molar-refractivity contribution in [1.82, 2.24) is 9.55 Å². The summed E-state index contributed by atoms with van der Waals surface area (Å²) in [5.74, 6) is -0.487. The highest BCUT2D eigenvalue weighted by Gasteiger charge is 2.32. The van der Waals surface area contributed by atoms with Crippen LogP contribution in [0, 0.1) is 5.82 Å². The van der Waals surface area contributed by atoms with E-state index < -0.39 is 0 Å². The minimum Gasteiger partial charge on any atom is -0.410 e. The first-order valence-corrected chi connectivity index (χ1v) is 7.35. The van der Waals surface area contributed by atoms with Gasteiger partial charge in [0.1, 0.15) is 22.9 Å². The number of carbonyl (C=O) groups excluding carboxylic acids is 1. The lowest BCUT2D eigenvalue weighted by atomic mass is 9.89. The van der Waals surface area contributed by atoms with Crippen LogP contribution >= 0.6 is 0 Å². The number of carbonyl (C=O) groups is 1. The van der Waals surface area contributed by atoms with Crippen LogP contribution in [0.3, 0.4) is 0 Å². The van der Waals surface area contributed by atoms with Crippen LogP contribution in [-0.4, -0.2) is 26.3 Å². The lowest BCUT2D eigenvalue weighted by Gasteiger charge is -2.17. The molecular weight excluding hydrogens is 309 g/mol. The van der Waals surface area contributed by atoms with Crippen LogP contribution in [0.5, 0.6) is 0 Å². The number of imidazole rings is 1. The SMILES string of the molecule is O=C1c2ccccc2C(=NO)c2ncn(Cc3ccc(F)cc3)c21. The second-order valence-electron chi connectivity index (χ2n) is 5.52. The summed E-state index contributed by atoms with van der Waals surface area (Å²) >= 11 is 0. The minimum absolute atomic E-state index is 0.174. The van der Waals surface area contributed by atoms with Gasteiger partial charge in [-0.3, -0.25) is 4.79 Å². The van der Waals surface area contributed by atoms with Gasteiger partial charge in [-0.2, -0.15) is 0 Å². The van der Waals surface area contributed by atoms with Crippen LogP contribution in [0.25, 0.3) is 0 Å². The third kappa shape index (κ3) is 2.11. The summed E-state index contributed by atoms with van der Waals surface area (Å²) < 4.78 is 14.7. The van der Waals surface area contributed by atoms with Crippen molar-refractivity contribution < 1.29 is 14.4 Å². The Morgan fingerprint density at radius 3 is 2.50 bits per heavy atom. The number of fused-ring (bicyclic) bond motifs is 2. The highest BCUT2D eigenvalue weighted by atomic mass is 19.1. The summed E-state index contributed by atoms with van der Waals surface area (Å²) in [5, 5.41) is 12.7. The lowest BCUT2D eigenvalue weighted by molar-refractivity contribution is 0.102. The molecule has 0 unspecified atom stereocenters. The standard InChI is InChI=1S/C18H12FN3O2/c19-12-7-5-11(6-8-12)9-22-10-20-16-15(21-24)13-3-1-2-4-14(13)18(23)17(16)22/h1-8,10,24H,9H2. The van der Waals surface area contributed by atoms with E-state index in [0.717, 1.165) is 5.56 Å². The zero-order valence-electron chi connectivity index (χ0n) is 12.5. The van der Waals surface area contributed by atoms with Crippen LogP contribution in [-0.2, 0) is 6.54 Å². The molecule has 1 heterocycles. The van der Waals surface area contributed by atoms with Gasteiger partial charge in [-0.1, -0.05) is 41.6 Å². The van der Waals surface area contributed by atoms with E-state index in [9.17, 15) is 14.4 Å². The third-order valence-corrected chi connectivity index (χ3v) is 4.07. The molecule has 1 aliphatic carbocycles. The van der Waals surface area contributed by atoms with E-state index in [4.69, 9.17) is 0 Å². The quantitative estimate of drug-likeness (QED) is 0.456. The lowest BCUT2D eigenvalue weighted by Crippen LogP contribution is -2.24. The molecule has 6 heteroatoms. The van der Waals surface area contributed by atoms with Gasteiger partial charge in [-0.25, -0.2) is 9.37 Å². The van der Waals surface area contributed by atoms with E-state index in [0.29, 0.717) is 29.1 Å². The maximum Gasteiger partial charge on any atom is 0.212 e. The first-order valence-electron chi connectivity index (χ1n) is 7.35. The van der Waals surface area contributed by atoms with E-state index in [1.165, 1.54) is 18.5 Å². The number of nitrogens with zero attached hydrogens (tertiary/aromatic N) is 3. The van der Waals surface area contributed by atoms with E-state index in [-0.39, 0.29) is 17.3 Å². The van der Waals surface area contributed by atoms with Gasteiger partial charge in [0, 0.05) is 17.7 Å². The monoisotopic (exact) mass is 321 g/mol. The fourth-order valence-corrected chi connectivity index (χ4v) is 2.94. The van der Waals surface area contributed by atoms with Gasteiger partial charge in [-0.15, -0.1) is 0 Å². The molecule has 3 aromatic rings. The van der Waals surface area contributed by atoms with E-state index in [1.807, 2.05) is 0 Å². The fraction of sp³-hybridized carbons (Fsp3) is 0.0556. The molecule has 0 amide bonds. The van der Waals surface area contributed by atoms with Gasteiger partial charge in [0.15, 0.2) is 0 Å². The summed E-state index contributed by atoms with van der Waals surface area (Å²) in [6.07, 6.45) is 1.53. The summed E-state index contributed by atoms with van der Waals surface area (Å²) in [6, 6.07) is 13.0. The van der Waals surface area contributed by atoms with Crippen molar-refractivity contribution >= 4 is 11.5 Å². The van der Waals surface area contributed by atoms with Crippen molar-refractivity contribution in [3.63, 3.8) is 0 Å². The maximum atomic E-state index is 13.0. The van der Waals surface area contributed by atoms with Crippen LogP contribution in [0.15, 0.2) is 60.0 Å². The van der Waals surface area contributed by atoms with Crippen molar-refractivity contribution in [2.24, 2.45) is 5.16 Å². The molecule has 2 aromatic carbocycles. The van der Waals surface area contributed by atoms with Crippen molar-refractivity contribution in [1.29, 1.82) is 0 Å². The minimum atomic E-state index is -0.314. The van der Waals surface area contributed by atoms with Crippen molar-refractivity contribution in [2.75, 3.05) is 0 Å². The van der Waals surface area contributed by atoms with Gasteiger partial charge in [0.05, 0.1) is 6.33 Å². The average molecular weight is 321 g/mol. The fourth-order valence-electron chi connectivity index (χ4n) is 2.94. The molecule has 0 bridgehead atoms. The van der Waals surface area contributed by atoms with Gasteiger partial charge in [-0.05, 0) is 17.7 Å². The number of oxime groups is 1. The van der Waals surface area contributed by atoms with E-state index in [2.05, 4.69) is 10.1 Å². The second-order valence-corrected chi connectivity index (χ2v) is 5.52. The summed E-state index contributed by atoms with van der Waals surface area (Å²) in [6.45, 7) is 0.370. The predicted molar refractivity (Wildman–Crippen MR) is 85.0 cm³/mol. The first kappa shape index (κ1) is 14.3. The predicted octanol–water partition coefficient (Wildman–Crippen LogP) is 2.84. The highest BCUT2D eigenvalue weighted by Crippen LogP contribution is 2.27. The average Bonchev–Trinajstić information content (AvgIpc) is 3.01. The van der Waals surface area contributed by atoms with E-state index >= 15 is 0 Å². The van der Waals surface area contributed by atoms with Crippen molar-refractivity contribution in [3.8, 4) is 0 Å². The topological polar surface area (TPSA) is 67.5 Å². The summed E-state index contributed by atoms with van der Waals surface area (Å²) in [4.78, 5) is 17.1. The molecule has 0 saturated heterocycles. The van der Waals surface area contributed by atoms with Gasteiger partial charge >= 0.3 is 0 Å². The Hall–Kier alpha value is -3.28. The van der Waals surface area contributed by atoms with Gasteiger partial charge in [0.25, 0.3) is 0 Å². The molecule has 0 aliphatic heterocycles. The molecule has 1 aliphatic rings. The van der Waals surface area contributed by atoms with Crippen molar-refractivity contribution in [3.05, 3.63) is 88.8 Å². The number of ketones is 1. The van der Waals surface area contributed by atoms with Gasteiger partial charge < -0.3 is 9.77 Å².